The van der Waals surface area contributed by atoms with Gasteiger partial charge in [0.05, 0.1) is 12.1 Å². The lowest BCUT2D eigenvalue weighted by atomic mass is 10.1. The molecule has 1 heterocycles. The number of nitrogens with zero attached hydrogens (tertiary/aromatic N) is 2. The fourth-order valence-corrected chi connectivity index (χ4v) is 1.54. The van der Waals surface area contributed by atoms with Crippen molar-refractivity contribution in [3.63, 3.8) is 0 Å². The van der Waals surface area contributed by atoms with Gasteiger partial charge in [0.2, 0.25) is 0 Å². The van der Waals surface area contributed by atoms with Crippen molar-refractivity contribution in [1.29, 1.82) is 0 Å². The van der Waals surface area contributed by atoms with E-state index < -0.39 is 5.82 Å². The summed E-state index contributed by atoms with van der Waals surface area (Å²) in [4.78, 5) is 8.03. The summed E-state index contributed by atoms with van der Waals surface area (Å²) >= 11 is 0. The molecule has 94 valence electrons. The van der Waals surface area contributed by atoms with Crippen molar-refractivity contribution in [1.82, 2.24) is 10.5 Å². The number of hydrogen-bond donors (Lipinski definition) is 2. The van der Waals surface area contributed by atoms with Crippen molar-refractivity contribution in [2.75, 3.05) is 6.54 Å². The molecule has 2 rings (SSSR count). The highest BCUT2D eigenvalue weighted by Crippen LogP contribution is 2.13. The molecule has 18 heavy (non-hydrogen) atoms. The van der Waals surface area contributed by atoms with E-state index in [4.69, 9.17) is 5.21 Å². The van der Waals surface area contributed by atoms with E-state index in [9.17, 15) is 4.39 Å². The molecule has 0 radical (unpaired) electrons. The lowest BCUT2D eigenvalue weighted by Crippen LogP contribution is -2.22. The van der Waals surface area contributed by atoms with Crippen LogP contribution in [0.25, 0.3) is 0 Å². The molecule has 0 saturated heterocycles. The maximum atomic E-state index is 12.7. The summed E-state index contributed by atoms with van der Waals surface area (Å²) in [5.74, 6) is 6.28. The van der Waals surface area contributed by atoms with Crippen LogP contribution in [-0.4, -0.2) is 22.6 Å². The molecular formula is C13H14FN3O. The topological polar surface area (TPSA) is 57.5 Å². The van der Waals surface area contributed by atoms with Crippen molar-refractivity contribution < 1.29 is 9.60 Å². The normalized spacial score (nSPS) is 14.0. The Morgan fingerprint density at radius 1 is 1.44 bits per heavy atom. The zero-order valence-electron chi connectivity index (χ0n) is 9.86. The molecule has 0 bridgehead atoms. The lowest BCUT2D eigenvalue weighted by molar-refractivity contribution is 0.234. The second-order valence-corrected chi connectivity index (χ2v) is 4.04. The number of aromatic nitrogens is 1. The van der Waals surface area contributed by atoms with Crippen LogP contribution in [0.15, 0.2) is 23.3 Å². The Balaban J connectivity index is 1.80. The fourth-order valence-electron chi connectivity index (χ4n) is 1.54. The van der Waals surface area contributed by atoms with Crippen molar-refractivity contribution in [3.8, 4) is 11.8 Å². The quantitative estimate of drug-likeness (QED) is 0.265. The highest BCUT2D eigenvalue weighted by atomic mass is 19.1. The number of pyridine rings is 1. The average Bonchev–Trinajstić information content (AvgIpc) is 3.19. The molecule has 0 saturated carbocycles. The molecule has 0 fully saturated rings. The predicted molar refractivity (Wildman–Crippen MR) is 65.6 cm³/mol. The summed E-state index contributed by atoms with van der Waals surface area (Å²) in [6, 6.07) is 2.75. The van der Waals surface area contributed by atoms with E-state index in [-0.39, 0.29) is 5.84 Å². The number of aliphatic imine (C=N–C) groups is 1. The van der Waals surface area contributed by atoms with Crippen LogP contribution in [0.4, 0.5) is 4.39 Å². The summed E-state index contributed by atoms with van der Waals surface area (Å²) in [7, 11) is 0. The lowest BCUT2D eigenvalue weighted by Gasteiger charge is -2.04. The van der Waals surface area contributed by atoms with E-state index in [0.717, 1.165) is 25.5 Å². The van der Waals surface area contributed by atoms with Gasteiger partial charge < -0.3 is 0 Å². The Labute approximate surface area is 105 Å². The molecule has 5 heteroatoms. The third-order valence-corrected chi connectivity index (χ3v) is 2.60. The number of unbranched alkanes of at least 4 members (excludes halogenated alkanes) is 1. The van der Waals surface area contributed by atoms with Crippen LogP contribution in [0, 0.1) is 23.6 Å². The van der Waals surface area contributed by atoms with Crippen molar-refractivity contribution in [2.45, 2.75) is 19.3 Å². The third-order valence-electron chi connectivity index (χ3n) is 2.60. The van der Waals surface area contributed by atoms with Gasteiger partial charge in [-0.25, -0.2) is 9.37 Å². The highest BCUT2D eigenvalue weighted by molar-refractivity contribution is 5.96. The average molecular weight is 247 g/mol. The van der Waals surface area contributed by atoms with Gasteiger partial charge in [-0.2, -0.15) is 0 Å². The molecule has 4 nitrogen and oxygen atoms in total. The summed E-state index contributed by atoms with van der Waals surface area (Å²) in [6.07, 6.45) is 4.12. The first kappa shape index (κ1) is 12.5. The molecular weight excluding hydrogens is 233 g/mol. The van der Waals surface area contributed by atoms with E-state index in [2.05, 4.69) is 21.8 Å². The first-order valence-electron chi connectivity index (χ1n) is 5.87. The van der Waals surface area contributed by atoms with E-state index in [1.807, 2.05) is 5.48 Å². The largest absolute Gasteiger partial charge is 0.290 e. The standard InChI is InChI=1S/C13H14FN3O/c14-11-6-7-12(16-9-11)13(17-18)15-8-2-1-3-10-4-5-10/h6-7,9-10,18H,1-3,8H2,(H,15,17). The minimum absolute atomic E-state index is 0.262. The van der Waals surface area contributed by atoms with Crippen LogP contribution in [0.1, 0.15) is 25.0 Å². The number of nitrogens with one attached hydrogen (secondary N) is 1. The highest BCUT2D eigenvalue weighted by Gasteiger charge is 2.08. The van der Waals surface area contributed by atoms with E-state index >= 15 is 0 Å². The van der Waals surface area contributed by atoms with E-state index in [1.54, 1.807) is 0 Å². The number of rotatable bonds is 6. The Morgan fingerprint density at radius 3 is 2.89 bits per heavy atom. The molecule has 2 N–H and O–H groups in total. The number of hydroxylamine groups is 1. The summed E-state index contributed by atoms with van der Waals surface area (Å²) in [6.45, 7) is 0.592. The van der Waals surface area contributed by atoms with Gasteiger partial charge in [-0.3, -0.25) is 15.7 Å². The fraction of sp³-hybridized carbons (Fsp3) is 0.385. The summed E-state index contributed by atoms with van der Waals surface area (Å²) in [5.41, 5.74) is 2.41. The minimum Gasteiger partial charge on any atom is -0.290 e. The first-order valence-corrected chi connectivity index (χ1v) is 5.87. The monoisotopic (exact) mass is 247 g/mol. The van der Waals surface area contributed by atoms with Gasteiger partial charge in [0, 0.05) is 6.54 Å². The number of amidine groups is 1. The minimum atomic E-state index is -0.416. The number of hydrogen-bond acceptors (Lipinski definition) is 3. The van der Waals surface area contributed by atoms with Crippen LogP contribution in [0.3, 0.4) is 0 Å². The van der Waals surface area contributed by atoms with Crippen LogP contribution >= 0.6 is 0 Å². The Hall–Kier alpha value is -1.93. The van der Waals surface area contributed by atoms with Crippen LogP contribution in [0.5, 0.6) is 0 Å². The predicted octanol–water partition coefficient (Wildman–Crippen LogP) is 1.75. The molecule has 1 aliphatic carbocycles. The van der Waals surface area contributed by atoms with Crippen molar-refractivity contribution in [2.24, 2.45) is 10.9 Å². The summed E-state index contributed by atoms with van der Waals surface area (Å²) in [5, 5.41) is 8.97. The maximum Gasteiger partial charge on any atom is 0.171 e. The second-order valence-electron chi connectivity index (χ2n) is 4.04. The molecule has 0 atom stereocenters. The van der Waals surface area contributed by atoms with E-state index in [0.29, 0.717) is 18.2 Å². The molecule has 1 aromatic heterocycles. The maximum absolute atomic E-state index is 12.7. The van der Waals surface area contributed by atoms with Gasteiger partial charge in [-0.15, -0.1) is 0 Å². The molecule has 0 aliphatic heterocycles. The number of halogens is 1. The van der Waals surface area contributed by atoms with E-state index in [1.165, 1.54) is 12.1 Å². The molecule has 1 aromatic rings. The van der Waals surface area contributed by atoms with Crippen LogP contribution in [-0.2, 0) is 0 Å². The molecule has 0 unspecified atom stereocenters. The zero-order valence-corrected chi connectivity index (χ0v) is 9.86. The Kier molecular flexibility index (Phi) is 4.26. The second kappa shape index (κ2) is 6.12. The van der Waals surface area contributed by atoms with Gasteiger partial charge in [0.15, 0.2) is 5.84 Å². The Morgan fingerprint density at radius 2 is 2.28 bits per heavy atom. The third kappa shape index (κ3) is 3.82. The van der Waals surface area contributed by atoms with Crippen molar-refractivity contribution in [3.05, 3.63) is 29.8 Å². The SMILES string of the molecule is ONC(=NCCCCC1C#C1)c1ccc(F)cn1. The van der Waals surface area contributed by atoms with Crippen LogP contribution < -0.4 is 5.48 Å². The van der Waals surface area contributed by atoms with Crippen molar-refractivity contribution >= 4 is 5.84 Å². The van der Waals surface area contributed by atoms with Gasteiger partial charge in [0.1, 0.15) is 11.5 Å². The van der Waals surface area contributed by atoms with Gasteiger partial charge in [0.25, 0.3) is 0 Å². The molecule has 0 spiro atoms. The summed E-state index contributed by atoms with van der Waals surface area (Å²) < 4.78 is 12.7. The Bertz CT molecular complexity index is 479. The smallest absolute Gasteiger partial charge is 0.171 e. The van der Waals surface area contributed by atoms with Gasteiger partial charge in [-0.1, -0.05) is 11.8 Å². The molecule has 0 aromatic carbocycles. The van der Waals surface area contributed by atoms with Crippen LogP contribution in [0.2, 0.25) is 0 Å². The zero-order chi connectivity index (χ0) is 12.8. The molecule has 1 aliphatic rings. The first-order chi connectivity index (χ1) is 8.79. The van der Waals surface area contributed by atoms with Gasteiger partial charge in [-0.05, 0) is 31.4 Å². The molecule has 0 amide bonds. The van der Waals surface area contributed by atoms with Gasteiger partial charge >= 0.3 is 0 Å².